The molecule has 1 aliphatic rings. The predicted octanol–water partition coefficient (Wildman–Crippen LogP) is 5.26. The van der Waals surface area contributed by atoms with Crippen molar-refractivity contribution in [2.75, 3.05) is 25.7 Å². The number of hydrogen-bond donors (Lipinski definition) is 1. The maximum atomic E-state index is 14.1. The fourth-order valence-electron chi connectivity index (χ4n) is 4.73. The zero-order chi connectivity index (χ0) is 29.0. The number of methoxy groups -OCH3 is 2. The summed E-state index contributed by atoms with van der Waals surface area (Å²) < 4.78 is 23.2. The van der Waals surface area contributed by atoms with Crippen LogP contribution < -0.4 is 14.4 Å². The van der Waals surface area contributed by atoms with E-state index in [2.05, 4.69) is 30.9 Å². The second-order valence-electron chi connectivity index (χ2n) is 10.8. The third kappa shape index (κ3) is 6.74. The Balaban J connectivity index is 1.78. The third-order valence-corrected chi connectivity index (χ3v) is 6.65. The molecule has 1 amide bonds. The summed E-state index contributed by atoms with van der Waals surface area (Å²) in [6.45, 7) is 6.60. The van der Waals surface area contributed by atoms with Crippen LogP contribution in [0.15, 0.2) is 40.9 Å². The molecule has 2 atom stereocenters. The van der Waals surface area contributed by atoms with E-state index in [0.717, 1.165) is 0 Å². The van der Waals surface area contributed by atoms with Gasteiger partial charge < -0.3 is 28.7 Å². The number of ether oxygens (including phenoxy) is 3. The molecule has 0 bridgehead atoms. The summed E-state index contributed by atoms with van der Waals surface area (Å²) in [4.78, 5) is 31.1. The first-order valence-electron chi connectivity index (χ1n) is 13.0. The fraction of sp³-hybridized carbons (Fsp3) is 0.448. The van der Waals surface area contributed by atoms with Crippen molar-refractivity contribution in [1.29, 1.82) is 0 Å². The number of amides is 1. The van der Waals surface area contributed by atoms with Crippen LogP contribution in [0.1, 0.15) is 62.6 Å². The van der Waals surface area contributed by atoms with Crippen LogP contribution in [0.25, 0.3) is 0 Å². The molecular formula is C29H34ClN3O7. The van der Waals surface area contributed by atoms with E-state index in [1.54, 1.807) is 37.3 Å². The smallest absolute Gasteiger partial charge is 0.303 e. The molecule has 10 nitrogen and oxygen atoms in total. The van der Waals surface area contributed by atoms with Crippen LogP contribution in [0.3, 0.4) is 0 Å². The molecule has 214 valence electrons. The van der Waals surface area contributed by atoms with E-state index in [1.165, 1.54) is 0 Å². The molecule has 11 heteroatoms. The van der Waals surface area contributed by atoms with Gasteiger partial charge in [-0.3, -0.25) is 9.59 Å². The Hall–Kier alpha value is -3.63. The minimum Gasteiger partial charge on any atom is -0.493 e. The highest BCUT2D eigenvalue weighted by Gasteiger charge is 2.40. The summed E-state index contributed by atoms with van der Waals surface area (Å²) in [6, 6.07) is 10.9. The first-order valence-corrected chi connectivity index (χ1v) is 13.4. The van der Waals surface area contributed by atoms with Crippen LogP contribution >= 0.6 is 11.6 Å². The number of carboxylic acid groups (broad SMARTS) is 1. The zero-order valence-electron chi connectivity index (χ0n) is 23.3. The van der Waals surface area contributed by atoms with Gasteiger partial charge in [0.1, 0.15) is 12.2 Å². The van der Waals surface area contributed by atoms with Crippen LogP contribution in [-0.2, 0) is 27.2 Å². The number of carboxylic acids is 1. The van der Waals surface area contributed by atoms with Gasteiger partial charge in [-0.15, -0.1) is 0 Å². The lowest BCUT2D eigenvalue weighted by Gasteiger charge is -2.31. The van der Waals surface area contributed by atoms with Crippen molar-refractivity contribution in [3.63, 3.8) is 0 Å². The summed E-state index contributed by atoms with van der Waals surface area (Å²) >= 11 is 6.48. The molecule has 2 heterocycles. The van der Waals surface area contributed by atoms with E-state index < -0.39 is 18.2 Å². The number of carbonyl (C=O) groups excluding carboxylic acids is 1. The van der Waals surface area contributed by atoms with Crippen LogP contribution in [0, 0.1) is 5.41 Å². The van der Waals surface area contributed by atoms with Gasteiger partial charge in [-0.1, -0.05) is 49.7 Å². The van der Waals surface area contributed by atoms with E-state index >= 15 is 0 Å². The van der Waals surface area contributed by atoms with Crippen molar-refractivity contribution in [1.82, 2.24) is 10.1 Å². The second kappa shape index (κ2) is 12.3. The number of aliphatic carboxylic acids is 1. The largest absolute Gasteiger partial charge is 0.493 e. The Kier molecular flexibility index (Phi) is 9.00. The van der Waals surface area contributed by atoms with Gasteiger partial charge in [-0.05, 0) is 36.1 Å². The highest BCUT2D eigenvalue weighted by Crippen LogP contribution is 2.45. The highest BCUT2D eigenvalue weighted by atomic mass is 35.5. The summed E-state index contributed by atoms with van der Waals surface area (Å²) in [5, 5.41) is 13.4. The Morgan fingerprint density at radius 3 is 2.60 bits per heavy atom. The molecule has 0 fully saturated rings. The first-order chi connectivity index (χ1) is 19.0. The van der Waals surface area contributed by atoms with Crippen molar-refractivity contribution in [2.45, 2.75) is 58.7 Å². The highest BCUT2D eigenvalue weighted by molar-refractivity contribution is 6.30. The lowest BCUT2D eigenvalue weighted by molar-refractivity contribution is -0.137. The van der Waals surface area contributed by atoms with E-state index in [9.17, 15) is 9.59 Å². The number of para-hydroxylation sites is 1. The second-order valence-corrected chi connectivity index (χ2v) is 11.3. The average Bonchev–Trinajstić information content (AvgIpc) is 3.31. The SMILES string of the molecule is COc1cccc([C@H]2O[C@H](Cc3noc(CCCC(=O)O)n3)C(=O)N(CC(C)(C)C)c3ccc(Cl)cc32)c1OC. The van der Waals surface area contributed by atoms with Crippen molar-refractivity contribution < 1.29 is 33.4 Å². The minimum absolute atomic E-state index is 0.00539. The molecule has 1 N–H and O–H groups in total. The summed E-state index contributed by atoms with van der Waals surface area (Å²) in [7, 11) is 3.11. The Bertz CT molecular complexity index is 1370. The van der Waals surface area contributed by atoms with Crippen LogP contribution in [-0.4, -0.2) is 54.0 Å². The Labute approximate surface area is 238 Å². The number of anilines is 1. The topological polar surface area (TPSA) is 124 Å². The number of nitrogens with zero attached hydrogens (tertiary/aromatic N) is 3. The summed E-state index contributed by atoms with van der Waals surface area (Å²) in [5.41, 5.74) is 1.84. The molecular weight excluding hydrogens is 538 g/mol. The van der Waals surface area contributed by atoms with E-state index in [-0.39, 0.29) is 24.2 Å². The molecule has 0 saturated heterocycles. The van der Waals surface area contributed by atoms with Gasteiger partial charge >= 0.3 is 5.97 Å². The van der Waals surface area contributed by atoms with Crippen molar-refractivity contribution >= 4 is 29.2 Å². The maximum absolute atomic E-state index is 14.1. The quantitative estimate of drug-likeness (QED) is 0.347. The van der Waals surface area contributed by atoms with Crippen LogP contribution in [0.2, 0.25) is 5.02 Å². The number of halogens is 1. The molecule has 0 unspecified atom stereocenters. The van der Waals surface area contributed by atoms with Gasteiger partial charge in [0.2, 0.25) is 5.89 Å². The predicted molar refractivity (Wildman–Crippen MR) is 148 cm³/mol. The number of fused-ring (bicyclic) bond motifs is 1. The maximum Gasteiger partial charge on any atom is 0.303 e. The molecule has 1 aromatic heterocycles. The molecule has 0 spiro atoms. The van der Waals surface area contributed by atoms with E-state index in [0.29, 0.717) is 64.4 Å². The minimum atomic E-state index is -0.973. The Morgan fingerprint density at radius 1 is 1.15 bits per heavy atom. The standard InChI is InChI=1S/C29H34ClN3O7/c1-29(2,3)16-33-20-13-12-17(30)14-19(20)26(18-8-6-9-21(37-4)27(18)38-5)39-22(28(33)36)15-23-31-24(40-32-23)10-7-11-25(34)35/h6,8-9,12-14,22,26H,7,10-11,15-16H2,1-5H3,(H,34,35)/t22-,26-/m1/s1. The fourth-order valence-corrected chi connectivity index (χ4v) is 4.91. The van der Waals surface area contributed by atoms with E-state index in [1.807, 2.05) is 18.2 Å². The lowest BCUT2D eigenvalue weighted by atomic mass is 9.94. The molecule has 0 aliphatic carbocycles. The lowest BCUT2D eigenvalue weighted by Crippen LogP contribution is -2.44. The monoisotopic (exact) mass is 571 g/mol. The van der Waals surface area contributed by atoms with Gasteiger partial charge in [-0.25, -0.2) is 0 Å². The number of benzene rings is 2. The molecule has 2 aromatic carbocycles. The zero-order valence-corrected chi connectivity index (χ0v) is 24.0. The number of carbonyl (C=O) groups is 2. The van der Waals surface area contributed by atoms with Gasteiger partial charge in [0.25, 0.3) is 5.91 Å². The van der Waals surface area contributed by atoms with Crippen LogP contribution in [0.5, 0.6) is 11.5 Å². The number of rotatable bonds is 10. The normalized spacial score (nSPS) is 17.4. The van der Waals surface area contributed by atoms with Crippen molar-refractivity contribution in [3.05, 3.63) is 64.3 Å². The first kappa shape index (κ1) is 29.4. The summed E-state index contributed by atoms with van der Waals surface area (Å²) in [6.07, 6.45) is -0.981. The van der Waals surface area contributed by atoms with E-state index in [4.69, 9.17) is 35.4 Å². The van der Waals surface area contributed by atoms with Gasteiger partial charge in [-0.2, -0.15) is 4.98 Å². The number of hydrogen-bond acceptors (Lipinski definition) is 8. The van der Waals surface area contributed by atoms with Crippen molar-refractivity contribution in [2.24, 2.45) is 5.41 Å². The molecule has 4 rings (SSSR count). The molecule has 0 radical (unpaired) electrons. The Morgan fingerprint density at radius 2 is 1.93 bits per heavy atom. The van der Waals surface area contributed by atoms with Crippen molar-refractivity contribution in [3.8, 4) is 11.5 Å². The molecule has 0 saturated carbocycles. The molecule has 3 aromatic rings. The van der Waals surface area contributed by atoms with Gasteiger partial charge in [0, 0.05) is 47.6 Å². The molecule has 40 heavy (non-hydrogen) atoms. The van der Waals surface area contributed by atoms with Gasteiger partial charge in [0.15, 0.2) is 17.3 Å². The van der Waals surface area contributed by atoms with Crippen LogP contribution in [0.4, 0.5) is 5.69 Å². The molecule has 1 aliphatic heterocycles. The summed E-state index contributed by atoms with van der Waals surface area (Å²) in [5.74, 6) is 0.464. The average molecular weight is 572 g/mol. The third-order valence-electron chi connectivity index (χ3n) is 6.41. The number of aromatic nitrogens is 2. The van der Waals surface area contributed by atoms with Gasteiger partial charge in [0.05, 0.1) is 14.2 Å². The number of aryl methyl sites for hydroxylation is 1.